The van der Waals surface area contributed by atoms with E-state index in [1.807, 2.05) is 6.92 Å². The van der Waals surface area contributed by atoms with Gasteiger partial charge < -0.3 is 20.1 Å². The third-order valence-corrected chi connectivity index (χ3v) is 4.94. The number of hydrogen-bond donors (Lipinski definition) is 2. The third kappa shape index (κ3) is 5.10. The van der Waals surface area contributed by atoms with Crippen LogP contribution >= 0.6 is 0 Å². The lowest BCUT2D eigenvalue weighted by Crippen LogP contribution is -2.47. The van der Waals surface area contributed by atoms with Crippen LogP contribution < -0.4 is 15.4 Å². The molecule has 0 amide bonds. The smallest absolute Gasteiger partial charge is 0.416 e. The van der Waals surface area contributed by atoms with Crippen molar-refractivity contribution in [3.63, 3.8) is 0 Å². The Balaban J connectivity index is 1.75. The Morgan fingerprint density at radius 1 is 1.32 bits per heavy atom. The molecule has 2 aliphatic heterocycles. The van der Waals surface area contributed by atoms with E-state index in [9.17, 15) is 13.2 Å². The van der Waals surface area contributed by atoms with Crippen molar-refractivity contribution in [2.24, 2.45) is 4.99 Å². The molecule has 0 radical (unpaired) electrons. The fourth-order valence-electron chi connectivity index (χ4n) is 3.75. The summed E-state index contributed by atoms with van der Waals surface area (Å²) in [6.45, 7) is 6.03. The van der Waals surface area contributed by atoms with Crippen molar-refractivity contribution in [1.82, 2.24) is 10.6 Å². The van der Waals surface area contributed by atoms with Crippen LogP contribution in [0.25, 0.3) is 0 Å². The molecule has 3 atom stereocenters. The fraction of sp³-hybridized carbons (Fsp3) is 0.650. The Morgan fingerprint density at radius 2 is 2.11 bits per heavy atom. The van der Waals surface area contributed by atoms with Gasteiger partial charge in [0, 0.05) is 6.54 Å². The molecular formula is C20H28F3N3O2. The van der Waals surface area contributed by atoms with Crippen LogP contribution in [0.1, 0.15) is 51.2 Å². The molecule has 2 saturated heterocycles. The highest BCUT2D eigenvalue weighted by Crippen LogP contribution is 2.36. The van der Waals surface area contributed by atoms with Crippen molar-refractivity contribution < 1.29 is 22.6 Å². The summed E-state index contributed by atoms with van der Waals surface area (Å²) in [4.78, 5) is 4.39. The van der Waals surface area contributed by atoms with Gasteiger partial charge in [-0.15, -0.1) is 0 Å². The van der Waals surface area contributed by atoms with Crippen LogP contribution in [-0.2, 0) is 17.5 Å². The van der Waals surface area contributed by atoms with E-state index in [-0.39, 0.29) is 42.2 Å². The van der Waals surface area contributed by atoms with Crippen molar-refractivity contribution in [1.29, 1.82) is 0 Å². The zero-order valence-corrected chi connectivity index (χ0v) is 16.5. The Labute approximate surface area is 163 Å². The van der Waals surface area contributed by atoms with E-state index in [4.69, 9.17) is 9.47 Å². The van der Waals surface area contributed by atoms with Crippen LogP contribution in [0.3, 0.4) is 0 Å². The first kappa shape index (κ1) is 20.8. The van der Waals surface area contributed by atoms with Crippen LogP contribution in [-0.4, -0.2) is 36.9 Å². The predicted molar refractivity (Wildman–Crippen MR) is 101 cm³/mol. The normalized spacial score (nSPS) is 24.7. The van der Waals surface area contributed by atoms with Gasteiger partial charge in [-0.05, 0) is 57.7 Å². The number of fused-ring (bicyclic) bond motifs is 2. The highest BCUT2D eigenvalue weighted by atomic mass is 19.4. The SMILES string of the molecule is CCNC(=NCc1ccc(OC(C)C)cc1C(F)(F)F)NC1CC2CCC1O2. The van der Waals surface area contributed by atoms with Crippen molar-refractivity contribution in [2.45, 2.75) is 77.1 Å². The maximum atomic E-state index is 13.5. The molecule has 3 unspecified atom stereocenters. The summed E-state index contributed by atoms with van der Waals surface area (Å²) in [6.07, 6.45) is -1.22. The standard InChI is InChI=1S/C20H28F3N3O2/c1-4-24-19(26-17-10-15-7-8-18(17)28-15)25-11-13-5-6-14(27-12(2)3)9-16(13)20(21,22)23/h5-6,9,12,15,17-18H,4,7-8,10-11H2,1-3H3,(H2,24,25,26). The molecule has 5 nitrogen and oxygen atoms in total. The quantitative estimate of drug-likeness (QED) is 0.563. The number of hydrogen-bond acceptors (Lipinski definition) is 3. The molecule has 156 valence electrons. The van der Waals surface area contributed by atoms with Crippen molar-refractivity contribution in [2.75, 3.05) is 6.54 Å². The molecule has 2 N–H and O–H groups in total. The summed E-state index contributed by atoms with van der Waals surface area (Å²) in [5.74, 6) is 0.721. The molecule has 2 aliphatic rings. The van der Waals surface area contributed by atoms with Gasteiger partial charge in [-0.3, -0.25) is 0 Å². The number of guanidine groups is 1. The average Bonchev–Trinajstić information content (AvgIpc) is 3.22. The van der Waals surface area contributed by atoms with Crippen molar-refractivity contribution in [3.05, 3.63) is 29.3 Å². The molecule has 2 fully saturated rings. The molecule has 1 aromatic rings. The minimum absolute atomic E-state index is 0.0756. The number of alkyl halides is 3. The molecule has 3 rings (SSSR count). The number of ether oxygens (including phenoxy) is 2. The van der Waals surface area contributed by atoms with Gasteiger partial charge in [0.15, 0.2) is 5.96 Å². The summed E-state index contributed by atoms with van der Waals surface area (Å²) in [5, 5.41) is 6.43. The van der Waals surface area contributed by atoms with Crippen LogP contribution in [0.4, 0.5) is 13.2 Å². The number of benzene rings is 1. The van der Waals surface area contributed by atoms with E-state index in [0.29, 0.717) is 12.5 Å². The lowest BCUT2D eigenvalue weighted by molar-refractivity contribution is -0.138. The summed E-state index contributed by atoms with van der Waals surface area (Å²) >= 11 is 0. The Kier molecular flexibility index (Phi) is 6.37. The van der Waals surface area contributed by atoms with E-state index in [1.54, 1.807) is 19.9 Å². The second-order valence-corrected chi connectivity index (χ2v) is 7.54. The molecule has 0 spiro atoms. The largest absolute Gasteiger partial charge is 0.491 e. The second-order valence-electron chi connectivity index (χ2n) is 7.54. The second kappa shape index (κ2) is 8.59. The minimum atomic E-state index is -4.47. The van der Waals surface area contributed by atoms with Gasteiger partial charge in [0.05, 0.1) is 36.5 Å². The minimum Gasteiger partial charge on any atom is -0.491 e. The summed E-state index contributed by atoms with van der Waals surface area (Å²) in [6, 6.07) is 4.20. The van der Waals surface area contributed by atoms with E-state index in [0.717, 1.165) is 25.3 Å². The van der Waals surface area contributed by atoms with E-state index in [2.05, 4.69) is 15.6 Å². The maximum absolute atomic E-state index is 13.5. The van der Waals surface area contributed by atoms with Gasteiger partial charge >= 0.3 is 6.18 Å². The molecule has 0 aromatic heterocycles. The number of nitrogens with zero attached hydrogens (tertiary/aromatic N) is 1. The molecule has 8 heteroatoms. The van der Waals surface area contributed by atoms with Gasteiger partial charge in [-0.2, -0.15) is 13.2 Å². The van der Waals surface area contributed by atoms with Gasteiger partial charge in [-0.25, -0.2) is 4.99 Å². The Hall–Kier alpha value is -1.96. The highest BCUT2D eigenvalue weighted by Gasteiger charge is 2.41. The van der Waals surface area contributed by atoms with Gasteiger partial charge in [0.2, 0.25) is 0 Å². The molecular weight excluding hydrogens is 371 g/mol. The van der Waals surface area contributed by atoms with Gasteiger partial charge in [0.25, 0.3) is 0 Å². The number of aliphatic imine (C=N–C) groups is 1. The van der Waals surface area contributed by atoms with E-state index < -0.39 is 11.7 Å². The first-order valence-corrected chi connectivity index (χ1v) is 9.83. The van der Waals surface area contributed by atoms with Gasteiger partial charge in [-0.1, -0.05) is 6.07 Å². The first-order chi connectivity index (χ1) is 13.3. The topological polar surface area (TPSA) is 54.9 Å². The molecule has 2 heterocycles. The summed E-state index contributed by atoms with van der Waals surface area (Å²) in [5.41, 5.74) is -0.599. The Bertz CT molecular complexity index is 706. The number of nitrogens with one attached hydrogen (secondary N) is 2. The molecule has 1 aromatic carbocycles. The van der Waals surface area contributed by atoms with Crippen LogP contribution in [0.15, 0.2) is 23.2 Å². The molecule has 0 aliphatic carbocycles. The first-order valence-electron chi connectivity index (χ1n) is 9.83. The molecule has 0 saturated carbocycles. The van der Waals surface area contributed by atoms with Crippen molar-refractivity contribution in [3.8, 4) is 5.75 Å². The molecule has 2 bridgehead atoms. The lowest BCUT2D eigenvalue weighted by atomic mass is 9.96. The predicted octanol–water partition coefficient (Wildman–Crippen LogP) is 3.87. The lowest BCUT2D eigenvalue weighted by Gasteiger charge is -2.23. The van der Waals surface area contributed by atoms with Gasteiger partial charge in [0.1, 0.15) is 5.75 Å². The highest BCUT2D eigenvalue weighted by molar-refractivity contribution is 5.80. The third-order valence-electron chi connectivity index (χ3n) is 4.94. The van der Waals surface area contributed by atoms with Crippen LogP contribution in [0.5, 0.6) is 5.75 Å². The average molecular weight is 399 g/mol. The van der Waals surface area contributed by atoms with Crippen LogP contribution in [0.2, 0.25) is 0 Å². The molecule has 28 heavy (non-hydrogen) atoms. The van der Waals surface area contributed by atoms with E-state index in [1.165, 1.54) is 6.07 Å². The number of halogens is 3. The Morgan fingerprint density at radius 3 is 2.68 bits per heavy atom. The number of rotatable bonds is 6. The monoisotopic (exact) mass is 399 g/mol. The zero-order chi connectivity index (χ0) is 20.3. The zero-order valence-electron chi connectivity index (χ0n) is 16.5. The fourth-order valence-corrected chi connectivity index (χ4v) is 3.75. The summed E-state index contributed by atoms with van der Waals surface area (Å²) in [7, 11) is 0. The summed E-state index contributed by atoms with van der Waals surface area (Å²) < 4.78 is 51.8. The van der Waals surface area contributed by atoms with Crippen molar-refractivity contribution >= 4 is 5.96 Å². The van der Waals surface area contributed by atoms with E-state index >= 15 is 0 Å². The van der Waals surface area contributed by atoms with Crippen LogP contribution in [0, 0.1) is 0 Å². The maximum Gasteiger partial charge on any atom is 0.416 e.